The zero-order valence-electron chi connectivity index (χ0n) is 19.7. The average Bonchev–Trinajstić information content (AvgIpc) is 2.75. The molecule has 8 nitrogen and oxygen atoms in total. The van der Waals surface area contributed by atoms with Crippen LogP contribution in [0.2, 0.25) is 0 Å². The van der Waals surface area contributed by atoms with Gasteiger partial charge in [0, 0.05) is 31.6 Å². The first kappa shape index (κ1) is 25.7. The third kappa shape index (κ3) is 10.5. The van der Waals surface area contributed by atoms with Crippen LogP contribution >= 0.6 is 0 Å². The number of benzene rings is 2. The van der Waals surface area contributed by atoms with Crippen molar-refractivity contribution in [3.8, 4) is 5.75 Å². The van der Waals surface area contributed by atoms with Gasteiger partial charge in [-0.15, -0.1) is 0 Å². The van der Waals surface area contributed by atoms with Gasteiger partial charge in [0.05, 0.1) is 7.11 Å². The van der Waals surface area contributed by atoms with Gasteiger partial charge < -0.3 is 25.4 Å². The second kappa shape index (κ2) is 12.5. The molecule has 0 fully saturated rings. The molecule has 0 heterocycles. The summed E-state index contributed by atoms with van der Waals surface area (Å²) >= 11 is 0. The Morgan fingerprint density at radius 2 is 1.61 bits per heavy atom. The van der Waals surface area contributed by atoms with E-state index in [0.717, 1.165) is 16.9 Å². The maximum Gasteiger partial charge on any atom is 0.407 e. The van der Waals surface area contributed by atoms with Crippen molar-refractivity contribution < 1.29 is 23.9 Å². The van der Waals surface area contributed by atoms with E-state index >= 15 is 0 Å². The average molecular weight is 456 g/mol. The Labute approximate surface area is 195 Å². The van der Waals surface area contributed by atoms with Gasteiger partial charge in [0.1, 0.15) is 11.4 Å². The molecule has 2 aromatic rings. The maximum absolute atomic E-state index is 12.2. The summed E-state index contributed by atoms with van der Waals surface area (Å²) in [4.78, 5) is 35.9. The van der Waals surface area contributed by atoms with Gasteiger partial charge in [0.2, 0.25) is 11.8 Å². The number of hydrogen-bond donors (Lipinski definition) is 3. The van der Waals surface area contributed by atoms with Gasteiger partial charge in [-0.05, 0) is 62.6 Å². The number of rotatable bonds is 10. The molecule has 3 N–H and O–H groups in total. The van der Waals surface area contributed by atoms with Crippen LogP contribution in [-0.2, 0) is 27.3 Å². The molecule has 0 aliphatic carbocycles. The fraction of sp³-hybridized carbons (Fsp3) is 0.400. The molecule has 0 spiro atoms. The monoisotopic (exact) mass is 455 g/mol. The lowest BCUT2D eigenvalue weighted by Gasteiger charge is -2.19. The Hall–Kier alpha value is -3.55. The molecule has 0 aliphatic heterocycles. The fourth-order valence-corrected chi connectivity index (χ4v) is 2.91. The van der Waals surface area contributed by atoms with Crippen molar-refractivity contribution in [2.45, 2.75) is 52.2 Å². The molecular formula is C25H33N3O5. The summed E-state index contributed by atoms with van der Waals surface area (Å²) in [5, 5.41) is 8.25. The number of anilines is 1. The van der Waals surface area contributed by atoms with Crippen molar-refractivity contribution in [1.82, 2.24) is 10.6 Å². The van der Waals surface area contributed by atoms with Crippen LogP contribution in [0.1, 0.15) is 44.7 Å². The summed E-state index contributed by atoms with van der Waals surface area (Å²) in [6.45, 7) is 5.86. The van der Waals surface area contributed by atoms with Crippen LogP contribution in [0.4, 0.5) is 10.5 Å². The van der Waals surface area contributed by atoms with E-state index in [4.69, 9.17) is 9.47 Å². The van der Waals surface area contributed by atoms with Crippen LogP contribution in [0.25, 0.3) is 0 Å². The zero-order valence-corrected chi connectivity index (χ0v) is 19.7. The van der Waals surface area contributed by atoms with Gasteiger partial charge in [-0.25, -0.2) is 4.79 Å². The number of carbonyl (C=O) groups is 3. The van der Waals surface area contributed by atoms with E-state index in [9.17, 15) is 14.4 Å². The Morgan fingerprint density at radius 3 is 2.27 bits per heavy atom. The van der Waals surface area contributed by atoms with E-state index in [0.29, 0.717) is 25.1 Å². The second-order valence-electron chi connectivity index (χ2n) is 8.55. The number of methoxy groups -OCH3 is 1. The standard InChI is InChI=1S/C25H33N3O5/c1-25(2,3)33-24(31)26-15-14-23(30)28-20-7-5-6-19(16-20)17-27-22(29)13-10-18-8-11-21(32-4)12-9-18/h5-9,11-12,16H,10,13-15,17H2,1-4H3,(H,26,31)(H,27,29)(H,28,30). The second-order valence-corrected chi connectivity index (χ2v) is 8.55. The van der Waals surface area contributed by atoms with Crippen LogP contribution < -0.4 is 20.7 Å². The van der Waals surface area contributed by atoms with Crippen molar-refractivity contribution in [2.24, 2.45) is 0 Å². The zero-order chi connectivity index (χ0) is 24.3. The topological polar surface area (TPSA) is 106 Å². The van der Waals surface area contributed by atoms with Crippen molar-refractivity contribution >= 4 is 23.6 Å². The molecule has 3 amide bonds. The van der Waals surface area contributed by atoms with Crippen molar-refractivity contribution in [3.05, 3.63) is 59.7 Å². The summed E-state index contributed by atoms with van der Waals surface area (Å²) < 4.78 is 10.3. The molecule has 0 bridgehead atoms. The molecule has 0 aliphatic rings. The Balaban J connectivity index is 1.71. The maximum atomic E-state index is 12.2. The van der Waals surface area contributed by atoms with Crippen molar-refractivity contribution in [3.63, 3.8) is 0 Å². The van der Waals surface area contributed by atoms with E-state index in [1.54, 1.807) is 33.9 Å². The predicted molar refractivity (Wildman–Crippen MR) is 127 cm³/mol. The molecule has 0 aromatic heterocycles. The number of amides is 3. The molecule has 0 unspecified atom stereocenters. The summed E-state index contributed by atoms with van der Waals surface area (Å²) in [7, 11) is 1.62. The third-order valence-corrected chi connectivity index (χ3v) is 4.52. The van der Waals surface area contributed by atoms with Crippen molar-refractivity contribution in [1.29, 1.82) is 0 Å². The van der Waals surface area contributed by atoms with Gasteiger partial charge in [-0.2, -0.15) is 0 Å². The van der Waals surface area contributed by atoms with Gasteiger partial charge in [-0.1, -0.05) is 24.3 Å². The number of hydrogen-bond acceptors (Lipinski definition) is 5. The molecule has 33 heavy (non-hydrogen) atoms. The highest BCUT2D eigenvalue weighted by atomic mass is 16.6. The highest BCUT2D eigenvalue weighted by Gasteiger charge is 2.16. The van der Waals surface area contributed by atoms with Crippen molar-refractivity contribution in [2.75, 3.05) is 19.0 Å². The van der Waals surface area contributed by atoms with Crippen LogP contribution in [0, 0.1) is 0 Å². The lowest BCUT2D eigenvalue weighted by molar-refractivity contribution is -0.121. The van der Waals surface area contributed by atoms with Gasteiger partial charge >= 0.3 is 6.09 Å². The smallest absolute Gasteiger partial charge is 0.407 e. The fourth-order valence-electron chi connectivity index (χ4n) is 2.91. The van der Waals surface area contributed by atoms with E-state index in [-0.39, 0.29) is 24.8 Å². The van der Waals surface area contributed by atoms with Gasteiger partial charge in [0.25, 0.3) is 0 Å². The largest absolute Gasteiger partial charge is 0.497 e. The first-order chi connectivity index (χ1) is 15.6. The third-order valence-electron chi connectivity index (χ3n) is 4.52. The van der Waals surface area contributed by atoms with Crippen LogP contribution in [0.3, 0.4) is 0 Å². The van der Waals surface area contributed by atoms with Gasteiger partial charge in [0.15, 0.2) is 0 Å². The van der Waals surface area contributed by atoms with E-state index < -0.39 is 11.7 Å². The number of alkyl carbamates (subject to hydrolysis) is 1. The first-order valence-corrected chi connectivity index (χ1v) is 10.9. The minimum Gasteiger partial charge on any atom is -0.497 e. The van der Waals surface area contributed by atoms with Gasteiger partial charge in [-0.3, -0.25) is 9.59 Å². The number of carbonyl (C=O) groups excluding carboxylic acids is 3. The molecular weight excluding hydrogens is 422 g/mol. The molecule has 0 saturated carbocycles. The number of nitrogens with one attached hydrogen (secondary N) is 3. The molecule has 0 radical (unpaired) electrons. The Kier molecular flexibility index (Phi) is 9.72. The summed E-state index contributed by atoms with van der Waals surface area (Å²) in [6, 6.07) is 14.9. The quantitative estimate of drug-likeness (QED) is 0.505. The molecule has 2 aromatic carbocycles. The number of ether oxygens (including phenoxy) is 2. The minimum atomic E-state index is -0.585. The Morgan fingerprint density at radius 1 is 0.879 bits per heavy atom. The lowest BCUT2D eigenvalue weighted by atomic mass is 10.1. The SMILES string of the molecule is COc1ccc(CCC(=O)NCc2cccc(NC(=O)CCNC(=O)OC(C)(C)C)c2)cc1. The van der Waals surface area contributed by atoms with Crippen LogP contribution in [0.5, 0.6) is 5.75 Å². The first-order valence-electron chi connectivity index (χ1n) is 10.9. The predicted octanol–water partition coefficient (Wildman–Crippen LogP) is 3.80. The molecule has 8 heteroatoms. The minimum absolute atomic E-state index is 0.0477. The molecule has 178 valence electrons. The van der Waals surface area contributed by atoms with Crippen LogP contribution in [0.15, 0.2) is 48.5 Å². The van der Waals surface area contributed by atoms with E-state index in [1.165, 1.54) is 0 Å². The highest BCUT2D eigenvalue weighted by molar-refractivity contribution is 5.91. The molecule has 2 rings (SSSR count). The van der Waals surface area contributed by atoms with E-state index in [2.05, 4.69) is 16.0 Å². The summed E-state index contributed by atoms with van der Waals surface area (Å²) in [6.07, 6.45) is 0.586. The molecule has 0 atom stereocenters. The lowest BCUT2D eigenvalue weighted by Crippen LogP contribution is -2.34. The molecule has 0 saturated heterocycles. The Bertz CT molecular complexity index is 936. The highest BCUT2D eigenvalue weighted by Crippen LogP contribution is 2.13. The van der Waals surface area contributed by atoms with Crippen LogP contribution in [-0.4, -0.2) is 37.2 Å². The van der Waals surface area contributed by atoms with E-state index in [1.807, 2.05) is 42.5 Å². The normalized spacial score (nSPS) is 10.8. The number of aryl methyl sites for hydroxylation is 1. The summed E-state index contributed by atoms with van der Waals surface area (Å²) in [5.41, 5.74) is 1.98. The summed E-state index contributed by atoms with van der Waals surface area (Å²) in [5.74, 6) is 0.509.